The van der Waals surface area contributed by atoms with E-state index in [1.165, 1.54) is 36.7 Å². The summed E-state index contributed by atoms with van der Waals surface area (Å²) in [6.07, 6.45) is 2.74. The summed E-state index contributed by atoms with van der Waals surface area (Å²) in [5.74, 6) is -1.79. The summed E-state index contributed by atoms with van der Waals surface area (Å²) in [6.45, 7) is 1.74. The highest BCUT2D eigenvalue weighted by Gasteiger charge is 2.21. The van der Waals surface area contributed by atoms with Crippen molar-refractivity contribution in [2.24, 2.45) is 5.73 Å². The van der Waals surface area contributed by atoms with Crippen molar-refractivity contribution in [3.8, 4) is 0 Å². The molecule has 21 heavy (non-hydrogen) atoms. The number of hydrogen-bond donors (Lipinski definition) is 2. The van der Waals surface area contributed by atoms with Gasteiger partial charge in [-0.2, -0.15) is 0 Å². The van der Waals surface area contributed by atoms with Crippen molar-refractivity contribution in [2.45, 2.75) is 13.0 Å². The van der Waals surface area contributed by atoms with Crippen LogP contribution in [0.15, 0.2) is 36.7 Å². The van der Waals surface area contributed by atoms with Crippen LogP contribution in [0.3, 0.4) is 0 Å². The Balaban J connectivity index is 2.20. The molecule has 0 aliphatic heterocycles. The molecule has 2 rings (SSSR count). The van der Waals surface area contributed by atoms with E-state index in [0.717, 1.165) is 0 Å². The Bertz CT molecular complexity index is 656. The minimum Gasteiger partial charge on any atom is -0.368 e. The zero-order valence-electron chi connectivity index (χ0n) is 11.2. The lowest BCUT2D eigenvalue weighted by Gasteiger charge is -2.15. The van der Waals surface area contributed by atoms with Crippen LogP contribution in [0.1, 0.15) is 27.8 Å². The molecule has 0 radical (unpaired) electrons. The molecule has 0 saturated heterocycles. The van der Waals surface area contributed by atoms with E-state index >= 15 is 0 Å². The third-order valence-corrected chi connectivity index (χ3v) is 2.78. The predicted octanol–water partition coefficient (Wildman–Crippen LogP) is 0.881. The van der Waals surface area contributed by atoms with Crippen molar-refractivity contribution in [3.63, 3.8) is 0 Å². The molecule has 2 aromatic rings. The van der Waals surface area contributed by atoms with Gasteiger partial charge in [0.2, 0.25) is 5.91 Å². The molecule has 0 unspecified atom stereocenters. The smallest absolute Gasteiger partial charge is 0.272 e. The van der Waals surface area contributed by atoms with Gasteiger partial charge in [0.1, 0.15) is 17.6 Å². The maximum Gasteiger partial charge on any atom is 0.272 e. The van der Waals surface area contributed by atoms with Crippen LogP contribution in [-0.4, -0.2) is 21.8 Å². The third kappa shape index (κ3) is 3.59. The molecule has 1 atom stereocenters. The van der Waals surface area contributed by atoms with Crippen LogP contribution in [0, 0.1) is 12.7 Å². The standard InChI is InChI=1S/C14H13FN4O2/c1-8-6-18-11(7-17-8)14(21)19-12(13(16)20)9-2-4-10(15)5-3-9/h2-7,12H,1H3,(H2,16,20)(H,19,21)/t12-/m1/s1. The van der Waals surface area contributed by atoms with Gasteiger partial charge in [-0.15, -0.1) is 0 Å². The molecule has 0 saturated carbocycles. The van der Waals surface area contributed by atoms with Crippen molar-refractivity contribution in [3.05, 3.63) is 59.4 Å². The number of carbonyl (C=O) groups excluding carboxylic acids is 2. The number of nitrogens with two attached hydrogens (primary N) is 1. The number of amides is 2. The zero-order valence-corrected chi connectivity index (χ0v) is 11.2. The maximum absolute atomic E-state index is 12.9. The first kappa shape index (κ1) is 14.6. The minimum atomic E-state index is -1.07. The monoisotopic (exact) mass is 288 g/mol. The minimum absolute atomic E-state index is 0.0639. The Hall–Kier alpha value is -2.83. The Morgan fingerprint density at radius 1 is 1.19 bits per heavy atom. The van der Waals surface area contributed by atoms with Gasteiger partial charge in [-0.3, -0.25) is 14.6 Å². The molecule has 108 valence electrons. The van der Waals surface area contributed by atoms with Crippen LogP contribution in [0.2, 0.25) is 0 Å². The van der Waals surface area contributed by atoms with E-state index in [9.17, 15) is 14.0 Å². The molecular weight excluding hydrogens is 275 g/mol. The van der Waals surface area contributed by atoms with E-state index < -0.39 is 23.7 Å². The number of nitrogens with zero attached hydrogens (tertiary/aromatic N) is 2. The van der Waals surface area contributed by atoms with E-state index in [1.54, 1.807) is 6.92 Å². The highest BCUT2D eigenvalue weighted by molar-refractivity contribution is 5.95. The Morgan fingerprint density at radius 2 is 1.86 bits per heavy atom. The van der Waals surface area contributed by atoms with Crippen LogP contribution in [-0.2, 0) is 4.79 Å². The topological polar surface area (TPSA) is 98.0 Å². The zero-order chi connectivity index (χ0) is 15.4. The number of nitrogens with one attached hydrogen (secondary N) is 1. The molecule has 6 nitrogen and oxygen atoms in total. The molecule has 1 aromatic heterocycles. The predicted molar refractivity (Wildman–Crippen MR) is 72.6 cm³/mol. The fraction of sp³-hybridized carbons (Fsp3) is 0.143. The summed E-state index contributed by atoms with van der Waals surface area (Å²) >= 11 is 0. The molecule has 1 heterocycles. The average Bonchev–Trinajstić information content (AvgIpc) is 2.46. The number of rotatable bonds is 4. The normalized spacial score (nSPS) is 11.7. The van der Waals surface area contributed by atoms with Crippen LogP contribution in [0.4, 0.5) is 4.39 Å². The number of halogens is 1. The first-order valence-electron chi connectivity index (χ1n) is 6.11. The number of benzene rings is 1. The second kappa shape index (κ2) is 6.08. The number of aromatic nitrogens is 2. The van der Waals surface area contributed by atoms with Gasteiger partial charge in [0, 0.05) is 6.20 Å². The Kier molecular flexibility index (Phi) is 4.22. The van der Waals surface area contributed by atoms with Gasteiger partial charge in [0.15, 0.2) is 0 Å². The lowest BCUT2D eigenvalue weighted by atomic mass is 10.1. The highest BCUT2D eigenvalue weighted by Crippen LogP contribution is 2.14. The second-order valence-corrected chi connectivity index (χ2v) is 4.40. The molecule has 3 N–H and O–H groups in total. The van der Waals surface area contributed by atoms with E-state index in [1.807, 2.05) is 0 Å². The van der Waals surface area contributed by atoms with Gasteiger partial charge in [-0.05, 0) is 24.6 Å². The molecule has 2 amide bonds. The van der Waals surface area contributed by atoms with E-state index in [4.69, 9.17) is 5.73 Å². The van der Waals surface area contributed by atoms with Crippen molar-refractivity contribution in [1.82, 2.24) is 15.3 Å². The number of hydrogen-bond acceptors (Lipinski definition) is 4. The van der Waals surface area contributed by atoms with Gasteiger partial charge < -0.3 is 11.1 Å². The first-order chi connectivity index (χ1) is 9.97. The molecule has 0 fully saturated rings. The first-order valence-corrected chi connectivity index (χ1v) is 6.11. The molecular formula is C14H13FN4O2. The third-order valence-electron chi connectivity index (χ3n) is 2.78. The van der Waals surface area contributed by atoms with Crippen LogP contribution in [0.25, 0.3) is 0 Å². The van der Waals surface area contributed by atoms with Gasteiger partial charge >= 0.3 is 0 Å². The number of carbonyl (C=O) groups is 2. The molecule has 0 aliphatic rings. The van der Waals surface area contributed by atoms with Gasteiger partial charge in [0.05, 0.1) is 11.9 Å². The summed E-state index contributed by atoms with van der Waals surface area (Å²) in [5, 5.41) is 2.45. The molecule has 0 aliphatic carbocycles. The molecule has 0 bridgehead atoms. The van der Waals surface area contributed by atoms with E-state index in [-0.39, 0.29) is 5.69 Å². The Labute approximate surface area is 120 Å². The van der Waals surface area contributed by atoms with Crippen molar-refractivity contribution in [1.29, 1.82) is 0 Å². The molecule has 0 spiro atoms. The summed E-state index contributed by atoms with van der Waals surface area (Å²) in [5.41, 5.74) is 6.39. The van der Waals surface area contributed by atoms with Crippen LogP contribution >= 0.6 is 0 Å². The van der Waals surface area contributed by atoms with Crippen molar-refractivity contribution >= 4 is 11.8 Å². The summed E-state index contributed by atoms with van der Waals surface area (Å²) in [4.78, 5) is 31.4. The van der Waals surface area contributed by atoms with E-state index in [0.29, 0.717) is 11.3 Å². The van der Waals surface area contributed by atoms with Crippen molar-refractivity contribution < 1.29 is 14.0 Å². The lowest BCUT2D eigenvalue weighted by Crippen LogP contribution is -2.37. The largest absolute Gasteiger partial charge is 0.368 e. The van der Waals surface area contributed by atoms with Gasteiger partial charge in [-0.1, -0.05) is 12.1 Å². The lowest BCUT2D eigenvalue weighted by molar-refractivity contribution is -0.120. The highest BCUT2D eigenvalue weighted by atomic mass is 19.1. The van der Waals surface area contributed by atoms with Gasteiger partial charge in [-0.25, -0.2) is 9.37 Å². The van der Waals surface area contributed by atoms with Crippen LogP contribution < -0.4 is 11.1 Å². The SMILES string of the molecule is Cc1cnc(C(=O)N[C@@H](C(N)=O)c2ccc(F)cc2)cn1. The quantitative estimate of drug-likeness (QED) is 0.872. The number of aryl methyl sites for hydroxylation is 1. The fourth-order valence-electron chi connectivity index (χ4n) is 1.69. The van der Waals surface area contributed by atoms with Crippen molar-refractivity contribution in [2.75, 3.05) is 0 Å². The maximum atomic E-state index is 12.9. The number of primary amides is 1. The molecule has 1 aromatic carbocycles. The van der Waals surface area contributed by atoms with Crippen LogP contribution in [0.5, 0.6) is 0 Å². The fourth-order valence-corrected chi connectivity index (χ4v) is 1.69. The molecule has 7 heteroatoms. The second-order valence-electron chi connectivity index (χ2n) is 4.40. The summed E-state index contributed by atoms with van der Waals surface area (Å²) < 4.78 is 12.9. The van der Waals surface area contributed by atoms with Gasteiger partial charge in [0.25, 0.3) is 5.91 Å². The average molecular weight is 288 g/mol. The van der Waals surface area contributed by atoms with E-state index in [2.05, 4.69) is 15.3 Å². The Morgan fingerprint density at radius 3 is 2.38 bits per heavy atom. The summed E-state index contributed by atoms with van der Waals surface area (Å²) in [7, 11) is 0. The summed E-state index contributed by atoms with van der Waals surface area (Å²) in [6, 6.07) is 4.06.